The van der Waals surface area contributed by atoms with Gasteiger partial charge in [-0.15, -0.1) is 0 Å². The minimum atomic E-state index is -1.22. The lowest BCUT2D eigenvalue weighted by atomic mass is 10.1. The van der Waals surface area contributed by atoms with Gasteiger partial charge in [0.05, 0.1) is 19.8 Å². The van der Waals surface area contributed by atoms with Crippen LogP contribution in [0.15, 0.2) is 0 Å². The molecule has 0 heterocycles. The van der Waals surface area contributed by atoms with Crippen LogP contribution in [0.25, 0.3) is 0 Å². The standard InChI is InChI=1S/C20H35N3O9/c1-21-18(26)14-32-13-12-31-11-10-22-16(24)9-8-15(20(29)30)23-17(25)6-4-2-3-5-7-19(27)28/h15H,2-14H2,1H3,(H,21,26)(H,22,24)(H,23,25)(H,27,28)(H,29,30)/t15-/m0/s1. The topological polar surface area (TPSA) is 180 Å². The maximum Gasteiger partial charge on any atom is 0.326 e. The normalized spacial score (nSPS) is 11.4. The number of rotatable bonds is 20. The van der Waals surface area contributed by atoms with Crippen molar-refractivity contribution in [3.05, 3.63) is 0 Å². The molecule has 0 aromatic carbocycles. The fourth-order valence-electron chi connectivity index (χ4n) is 2.52. The van der Waals surface area contributed by atoms with E-state index in [0.717, 1.165) is 0 Å². The molecule has 0 saturated heterocycles. The van der Waals surface area contributed by atoms with E-state index in [2.05, 4.69) is 16.0 Å². The van der Waals surface area contributed by atoms with Crippen molar-refractivity contribution in [3.63, 3.8) is 0 Å². The van der Waals surface area contributed by atoms with E-state index < -0.39 is 23.9 Å². The van der Waals surface area contributed by atoms with Gasteiger partial charge in [-0.3, -0.25) is 19.2 Å². The quantitative estimate of drug-likeness (QED) is 0.151. The number of carbonyl (C=O) groups is 5. The van der Waals surface area contributed by atoms with Gasteiger partial charge < -0.3 is 35.6 Å². The zero-order valence-electron chi connectivity index (χ0n) is 18.5. The van der Waals surface area contributed by atoms with Gasteiger partial charge >= 0.3 is 11.9 Å². The van der Waals surface area contributed by atoms with Gasteiger partial charge in [0, 0.05) is 32.9 Å². The molecule has 0 unspecified atom stereocenters. The molecule has 0 radical (unpaired) electrons. The average molecular weight is 462 g/mol. The van der Waals surface area contributed by atoms with E-state index in [1.165, 1.54) is 7.05 Å². The first-order valence-electron chi connectivity index (χ1n) is 10.6. The molecule has 0 bridgehead atoms. The van der Waals surface area contributed by atoms with Crippen molar-refractivity contribution >= 4 is 29.7 Å². The van der Waals surface area contributed by atoms with Crippen molar-refractivity contribution in [2.24, 2.45) is 0 Å². The van der Waals surface area contributed by atoms with Crippen LogP contribution in [0.5, 0.6) is 0 Å². The fraction of sp³-hybridized carbons (Fsp3) is 0.750. The molecule has 3 amide bonds. The van der Waals surface area contributed by atoms with E-state index in [4.69, 9.17) is 14.6 Å². The van der Waals surface area contributed by atoms with Gasteiger partial charge in [-0.1, -0.05) is 12.8 Å². The Hall–Kier alpha value is -2.73. The lowest BCUT2D eigenvalue weighted by Gasteiger charge is -2.14. The number of likely N-dealkylation sites (N-methyl/N-ethyl adjacent to an activating group) is 1. The Bertz CT molecular complexity index is 599. The average Bonchev–Trinajstić information content (AvgIpc) is 2.74. The highest BCUT2D eigenvalue weighted by Crippen LogP contribution is 2.06. The Balaban J connectivity index is 3.86. The number of unbranched alkanes of at least 4 members (excludes halogenated alkanes) is 3. The van der Waals surface area contributed by atoms with Crippen LogP contribution < -0.4 is 16.0 Å². The molecule has 12 nitrogen and oxygen atoms in total. The third-order valence-corrected chi connectivity index (χ3v) is 4.29. The summed E-state index contributed by atoms with van der Waals surface area (Å²) < 4.78 is 10.3. The predicted molar refractivity (Wildman–Crippen MR) is 113 cm³/mol. The minimum absolute atomic E-state index is 0.0420. The molecule has 12 heteroatoms. The van der Waals surface area contributed by atoms with E-state index in [-0.39, 0.29) is 70.5 Å². The Morgan fingerprint density at radius 1 is 0.781 bits per heavy atom. The van der Waals surface area contributed by atoms with Gasteiger partial charge in [0.2, 0.25) is 17.7 Å². The summed E-state index contributed by atoms with van der Waals surface area (Å²) in [5, 5.41) is 25.2. The first-order chi connectivity index (χ1) is 15.3. The highest BCUT2D eigenvalue weighted by Gasteiger charge is 2.20. The number of nitrogens with one attached hydrogen (secondary N) is 3. The molecule has 0 aliphatic carbocycles. The highest BCUT2D eigenvalue weighted by molar-refractivity contribution is 5.84. The molecule has 0 fully saturated rings. The van der Waals surface area contributed by atoms with Crippen molar-refractivity contribution < 1.29 is 43.7 Å². The van der Waals surface area contributed by atoms with Gasteiger partial charge in [-0.05, 0) is 19.3 Å². The molecule has 0 aromatic heterocycles. The van der Waals surface area contributed by atoms with E-state index in [1.54, 1.807) is 0 Å². The number of ether oxygens (including phenoxy) is 2. The molecule has 0 spiro atoms. The number of carboxylic acid groups (broad SMARTS) is 2. The van der Waals surface area contributed by atoms with Gasteiger partial charge in [-0.2, -0.15) is 0 Å². The third-order valence-electron chi connectivity index (χ3n) is 4.29. The van der Waals surface area contributed by atoms with Crippen LogP contribution in [0.1, 0.15) is 51.4 Å². The summed E-state index contributed by atoms with van der Waals surface area (Å²) in [6.45, 7) is 0.925. The molecule has 0 rings (SSSR count). The number of carbonyl (C=O) groups excluding carboxylic acids is 3. The second-order valence-electron chi connectivity index (χ2n) is 6.99. The molecule has 5 N–H and O–H groups in total. The van der Waals surface area contributed by atoms with Crippen molar-refractivity contribution in [1.29, 1.82) is 0 Å². The Labute approximate surface area is 187 Å². The fourth-order valence-corrected chi connectivity index (χ4v) is 2.52. The van der Waals surface area contributed by atoms with Gasteiger partial charge in [0.25, 0.3) is 0 Å². The van der Waals surface area contributed by atoms with Crippen molar-refractivity contribution in [1.82, 2.24) is 16.0 Å². The summed E-state index contributed by atoms with van der Waals surface area (Å²) in [5.74, 6) is -3.08. The lowest BCUT2D eigenvalue weighted by molar-refractivity contribution is -0.142. The van der Waals surface area contributed by atoms with Crippen LogP contribution in [0.4, 0.5) is 0 Å². The number of hydrogen-bond acceptors (Lipinski definition) is 7. The SMILES string of the molecule is CNC(=O)COCCOCCNC(=O)CC[C@H](NC(=O)CCCCCCC(=O)O)C(=O)O. The van der Waals surface area contributed by atoms with Crippen LogP contribution >= 0.6 is 0 Å². The molecule has 1 atom stereocenters. The summed E-state index contributed by atoms with van der Waals surface area (Å²) in [6.07, 6.45) is 2.58. The zero-order chi connectivity index (χ0) is 24.2. The first kappa shape index (κ1) is 29.3. The van der Waals surface area contributed by atoms with Crippen LogP contribution in [0.2, 0.25) is 0 Å². The van der Waals surface area contributed by atoms with E-state index in [9.17, 15) is 29.1 Å². The van der Waals surface area contributed by atoms with E-state index in [1.807, 2.05) is 0 Å². The molecule has 0 saturated carbocycles. The maximum absolute atomic E-state index is 11.9. The van der Waals surface area contributed by atoms with Gasteiger partial charge in [0.15, 0.2) is 0 Å². The van der Waals surface area contributed by atoms with Gasteiger partial charge in [-0.25, -0.2) is 4.79 Å². The Kier molecular flexibility index (Phi) is 17.4. The second-order valence-corrected chi connectivity index (χ2v) is 6.99. The summed E-state index contributed by atoms with van der Waals surface area (Å²) in [6, 6.07) is -1.16. The highest BCUT2D eigenvalue weighted by atomic mass is 16.5. The number of amides is 3. The molecule has 32 heavy (non-hydrogen) atoms. The number of hydrogen-bond donors (Lipinski definition) is 5. The molecule has 0 aromatic rings. The maximum atomic E-state index is 11.9. The Morgan fingerprint density at radius 3 is 2.06 bits per heavy atom. The summed E-state index contributed by atoms with van der Waals surface area (Å²) in [4.78, 5) is 56.4. The third kappa shape index (κ3) is 18.1. The van der Waals surface area contributed by atoms with Crippen LogP contribution in [0, 0.1) is 0 Å². The molecule has 0 aliphatic rings. The largest absolute Gasteiger partial charge is 0.481 e. The number of carboxylic acids is 2. The van der Waals surface area contributed by atoms with Crippen LogP contribution in [-0.4, -0.2) is 85.9 Å². The van der Waals surface area contributed by atoms with Crippen molar-refractivity contribution in [3.8, 4) is 0 Å². The zero-order valence-corrected chi connectivity index (χ0v) is 18.5. The van der Waals surface area contributed by atoms with Crippen LogP contribution in [0.3, 0.4) is 0 Å². The molecule has 184 valence electrons. The van der Waals surface area contributed by atoms with E-state index >= 15 is 0 Å². The smallest absolute Gasteiger partial charge is 0.326 e. The summed E-state index contributed by atoms with van der Waals surface area (Å²) >= 11 is 0. The monoisotopic (exact) mass is 461 g/mol. The van der Waals surface area contributed by atoms with Crippen molar-refractivity contribution in [2.45, 2.75) is 57.4 Å². The first-order valence-corrected chi connectivity index (χ1v) is 10.6. The summed E-state index contributed by atoms with van der Waals surface area (Å²) in [5.41, 5.74) is 0. The molecular formula is C20H35N3O9. The lowest BCUT2D eigenvalue weighted by Crippen LogP contribution is -2.41. The summed E-state index contributed by atoms with van der Waals surface area (Å²) in [7, 11) is 1.51. The second kappa shape index (κ2) is 19.0. The molecule has 0 aliphatic heterocycles. The Morgan fingerprint density at radius 2 is 1.44 bits per heavy atom. The minimum Gasteiger partial charge on any atom is -0.481 e. The van der Waals surface area contributed by atoms with Crippen molar-refractivity contribution in [2.75, 3.05) is 40.0 Å². The van der Waals surface area contributed by atoms with E-state index in [0.29, 0.717) is 25.7 Å². The predicted octanol–water partition coefficient (Wildman–Crippen LogP) is -0.343. The van der Waals surface area contributed by atoms with Gasteiger partial charge in [0.1, 0.15) is 12.6 Å². The number of aliphatic carboxylic acids is 2. The van der Waals surface area contributed by atoms with Crippen LogP contribution in [-0.2, 0) is 33.4 Å². The molecular weight excluding hydrogens is 426 g/mol.